The van der Waals surface area contributed by atoms with Crippen molar-refractivity contribution in [2.24, 2.45) is 5.92 Å². The number of ether oxygens (including phenoxy) is 2. The average molecular weight is 424 g/mol. The molecule has 1 atom stereocenters. The summed E-state index contributed by atoms with van der Waals surface area (Å²) in [6.45, 7) is 4.34. The lowest BCUT2D eigenvalue weighted by Gasteiger charge is -2.17. The van der Waals surface area contributed by atoms with E-state index in [-0.39, 0.29) is 38.1 Å². The number of benzene rings is 2. The van der Waals surface area contributed by atoms with Gasteiger partial charge in [0.1, 0.15) is 0 Å². The largest absolute Gasteiger partial charge is 0.454 e. The van der Waals surface area contributed by atoms with E-state index in [1.807, 2.05) is 32.0 Å². The lowest BCUT2D eigenvalue weighted by atomic mass is 10.1. The molecular weight excluding hydrogens is 400 g/mol. The average Bonchev–Trinajstić information content (AvgIpc) is 3.37. The maximum absolute atomic E-state index is 12.5. The third-order valence-electron chi connectivity index (χ3n) is 5.31. The third kappa shape index (κ3) is 4.55. The molecule has 4 rings (SSSR count). The first kappa shape index (κ1) is 20.5. The van der Waals surface area contributed by atoms with Crippen LogP contribution in [-0.4, -0.2) is 37.6 Å². The molecule has 2 heterocycles. The summed E-state index contributed by atoms with van der Waals surface area (Å²) >= 11 is 0. The maximum Gasteiger partial charge on any atom is 0.257 e. The molecule has 2 aliphatic heterocycles. The number of hydrogen-bond donors (Lipinski definition) is 3. The van der Waals surface area contributed by atoms with Gasteiger partial charge in [0.05, 0.1) is 12.5 Å². The van der Waals surface area contributed by atoms with Crippen LogP contribution in [-0.2, 0) is 14.4 Å². The van der Waals surface area contributed by atoms with Crippen molar-refractivity contribution in [2.45, 2.75) is 20.3 Å². The van der Waals surface area contributed by atoms with Crippen LogP contribution < -0.4 is 30.5 Å². The third-order valence-corrected chi connectivity index (χ3v) is 5.31. The molecule has 9 heteroatoms. The van der Waals surface area contributed by atoms with Gasteiger partial charge in [-0.1, -0.05) is 17.7 Å². The van der Waals surface area contributed by atoms with Crippen molar-refractivity contribution in [1.29, 1.82) is 0 Å². The molecule has 0 spiro atoms. The number of carbonyl (C=O) groups is 3. The number of amides is 3. The van der Waals surface area contributed by atoms with E-state index in [0.717, 1.165) is 16.8 Å². The van der Waals surface area contributed by atoms with Gasteiger partial charge >= 0.3 is 0 Å². The van der Waals surface area contributed by atoms with Gasteiger partial charge in [-0.25, -0.2) is 0 Å². The van der Waals surface area contributed by atoms with Crippen LogP contribution in [0.15, 0.2) is 36.4 Å². The summed E-state index contributed by atoms with van der Waals surface area (Å²) in [5, 5.41) is 3.04. The molecule has 2 aliphatic rings. The summed E-state index contributed by atoms with van der Waals surface area (Å²) in [6, 6.07) is 11.1. The van der Waals surface area contributed by atoms with E-state index in [0.29, 0.717) is 17.2 Å². The van der Waals surface area contributed by atoms with Crippen LogP contribution in [0.2, 0.25) is 0 Å². The minimum atomic E-state index is -0.564. The van der Waals surface area contributed by atoms with Crippen molar-refractivity contribution < 1.29 is 23.9 Å². The number of hydrazine groups is 1. The first-order chi connectivity index (χ1) is 14.9. The summed E-state index contributed by atoms with van der Waals surface area (Å²) in [5.41, 5.74) is 8.48. The first-order valence-corrected chi connectivity index (χ1v) is 10.0. The molecule has 3 amide bonds. The molecule has 0 bridgehead atoms. The van der Waals surface area contributed by atoms with Crippen molar-refractivity contribution in [3.63, 3.8) is 0 Å². The Hall–Kier alpha value is -3.75. The van der Waals surface area contributed by atoms with Gasteiger partial charge in [-0.2, -0.15) is 0 Å². The minimum Gasteiger partial charge on any atom is -0.454 e. The maximum atomic E-state index is 12.5. The fourth-order valence-corrected chi connectivity index (χ4v) is 3.65. The van der Waals surface area contributed by atoms with Crippen LogP contribution >= 0.6 is 0 Å². The molecule has 9 nitrogen and oxygen atoms in total. The molecular formula is C22H24N4O5. The topological polar surface area (TPSA) is 109 Å². The Morgan fingerprint density at radius 3 is 2.68 bits per heavy atom. The highest BCUT2D eigenvalue weighted by molar-refractivity contribution is 6.00. The molecule has 0 radical (unpaired) electrons. The molecule has 3 N–H and O–H groups in total. The number of anilines is 2. The minimum absolute atomic E-state index is 0.0110. The summed E-state index contributed by atoms with van der Waals surface area (Å²) in [5.74, 6) is -0.322. The SMILES string of the molecule is Cc1ccc(NCC(=O)NNC(=O)C2CC(=O)N(c3ccc4c(c3)OCO4)C2)c(C)c1. The molecule has 0 aliphatic carbocycles. The van der Waals surface area contributed by atoms with Crippen LogP contribution in [0.5, 0.6) is 11.5 Å². The predicted molar refractivity (Wildman–Crippen MR) is 114 cm³/mol. The van der Waals surface area contributed by atoms with Gasteiger partial charge in [0.2, 0.25) is 18.6 Å². The fourth-order valence-electron chi connectivity index (χ4n) is 3.65. The number of nitrogens with zero attached hydrogens (tertiary/aromatic N) is 1. The second-order valence-corrected chi connectivity index (χ2v) is 7.65. The molecule has 0 saturated carbocycles. The van der Waals surface area contributed by atoms with Crippen LogP contribution in [0.25, 0.3) is 0 Å². The molecule has 1 unspecified atom stereocenters. The number of hydrogen-bond acceptors (Lipinski definition) is 6. The molecule has 0 aromatic heterocycles. The van der Waals surface area contributed by atoms with E-state index >= 15 is 0 Å². The molecule has 31 heavy (non-hydrogen) atoms. The quantitative estimate of drug-likeness (QED) is 0.630. The smallest absolute Gasteiger partial charge is 0.257 e. The van der Waals surface area contributed by atoms with Crippen molar-refractivity contribution in [3.05, 3.63) is 47.5 Å². The van der Waals surface area contributed by atoms with E-state index < -0.39 is 11.8 Å². The molecule has 162 valence electrons. The second kappa shape index (κ2) is 8.55. The van der Waals surface area contributed by atoms with Crippen molar-refractivity contribution in [1.82, 2.24) is 10.9 Å². The van der Waals surface area contributed by atoms with E-state index in [1.54, 1.807) is 18.2 Å². The highest BCUT2D eigenvalue weighted by Crippen LogP contribution is 2.37. The zero-order chi connectivity index (χ0) is 22.0. The standard InChI is InChI=1S/C22H24N4O5/c1-13-3-5-17(14(2)7-13)23-10-20(27)24-25-22(29)15-8-21(28)26(11-15)16-4-6-18-19(9-16)31-12-30-18/h3-7,9,15,23H,8,10-12H2,1-2H3,(H,24,27)(H,25,29). The van der Waals surface area contributed by atoms with Crippen molar-refractivity contribution in [2.75, 3.05) is 30.1 Å². The fraction of sp³-hybridized carbons (Fsp3) is 0.318. The van der Waals surface area contributed by atoms with Crippen molar-refractivity contribution in [3.8, 4) is 11.5 Å². The van der Waals surface area contributed by atoms with E-state index in [4.69, 9.17) is 9.47 Å². The van der Waals surface area contributed by atoms with Crippen LogP contribution in [0, 0.1) is 19.8 Å². The van der Waals surface area contributed by atoms with E-state index in [2.05, 4.69) is 16.2 Å². The zero-order valence-electron chi connectivity index (χ0n) is 17.4. The summed E-state index contributed by atoms with van der Waals surface area (Å²) < 4.78 is 10.6. The Balaban J connectivity index is 1.27. The van der Waals surface area contributed by atoms with Gasteiger partial charge in [-0.3, -0.25) is 25.2 Å². The van der Waals surface area contributed by atoms with Gasteiger partial charge < -0.3 is 19.7 Å². The Kier molecular flexibility index (Phi) is 5.66. The van der Waals surface area contributed by atoms with Gasteiger partial charge in [-0.05, 0) is 37.6 Å². The summed E-state index contributed by atoms with van der Waals surface area (Å²) in [4.78, 5) is 38.5. The highest BCUT2D eigenvalue weighted by atomic mass is 16.7. The second-order valence-electron chi connectivity index (χ2n) is 7.65. The zero-order valence-corrected chi connectivity index (χ0v) is 17.4. The Labute approximate surface area is 179 Å². The number of nitrogens with one attached hydrogen (secondary N) is 3. The number of fused-ring (bicyclic) bond motifs is 1. The monoisotopic (exact) mass is 424 g/mol. The molecule has 1 saturated heterocycles. The van der Waals surface area contributed by atoms with Gasteiger partial charge in [0, 0.05) is 30.4 Å². The van der Waals surface area contributed by atoms with Gasteiger partial charge in [0.25, 0.3) is 5.91 Å². The number of rotatable bonds is 5. The normalized spacial score (nSPS) is 16.9. The Bertz CT molecular complexity index is 1040. The Morgan fingerprint density at radius 1 is 1.06 bits per heavy atom. The molecule has 2 aromatic rings. The van der Waals surface area contributed by atoms with Gasteiger partial charge in [0.15, 0.2) is 11.5 Å². The first-order valence-electron chi connectivity index (χ1n) is 10.0. The van der Waals surface area contributed by atoms with Crippen LogP contribution in [0.4, 0.5) is 11.4 Å². The van der Waals surface area contributed by atoms with Crippen molar-refractivity contribution >= 4 is 29.1 Å². The number of aryl methyl sites for hydroxylation is 2. The summed E-state index contributed by atoms with van der Waals surface area (Å²) in [7, 11) is 0. The van der Waals surface area contributed by atoms with E-state index in [1.165, 1.54) is 4.90 Å². The predicted octanol–water partition coefficient (Wildman–Crippen LogP) is 1.64. The Morgan fingerprint density at radius 2 is 1.87 bits per heavy atom. The van der Waals surface area contributed by atoms with Gasteiger partial charge in [-0.15, -0.1) is 0 Å². The number of carbonyl (C=O) groups excluding carboxylic acids is 3. The lowest BCUT2D eigenvalue weighted by Crippen LogP contribution is -2.47. The van der Waals surface area contributed by atoms with Crippen LogP contribution in [0.1, 0.15) is 17.5 Å². The lowest BCUT2D eigenvalue weighted by molar-refractivity contribution is -0.130. The highest BCUT2D eigenvalue weighted by Gasteiger charge is 2.35. The molecule has 1 fully saturated rings. The van der Waals surface area contributed by atoms with E-state index in [9.17, 15) is 14.4 Å². The van der Waals surface area contributed by atoms with Crippen LogP contribution in [0.3, 0.4) is 0 Å². The summed E-state index contributed by atoms with van der Waals surface area (Å²) in [6.07, 6.45) is 0.0664. The molecule has 2 aromatic carbocycles.